The molecule has 0 amide bonds. The third kappa shape index (κ3) is 3.56. The molecule has 0 spiro atoms. The van der Waals surface area contributed by atoms with Crippen LogP contribution in [0.1, 0.15) is 35.3 Å². The van der Waals surface area contributed by atoms with E-state index in [0.29, 0.717) is 23.9 Å². The molecule has 94 valence electrons. The van der Waals surface area contributed by atoms with E-state index in [2.05, 4.69) is 5.32 Å². The molecule has 1 rings (SSSR count). The van der Waals surface area contributed by atoms with Crippen LogP contribution in [0.15, 0.2) is 12.1 Å². The molecule has 0 atom stereocenters. The minimum Gasteiger partial charge on any atom is -0.496 e. The van der Waals surface area contributed by atoms with E-state index in [-0.39, 0.29) is 5.78 Å². The van der Waals surface area contributed by atoms with Crippen LogP contribution in [-0.2, 0) is 0 Å². The molecule has 0 unspecified atom stereocenters. The van der Waals surface area contributed by atoms with Gasteiger partial charge >= 0.3 is 0 Å². The van der Waals surface area contributed by atoms with Crippen molar-refractivity contribution < 1.29 is 9.53 Å². The molecule has 0 aliphatic carbocycles. The summed E-state index contributed by atoms with van der Waals surface area (Å²) in [7, 11) is 1.59. The summed E-state index contributed by atoms with van der Waals surface area (Å²) in [5.41, 5.74) is 2.90. The van der Waals surface area contributed by atoms with Crippen LogP contribution in [0.3, 0.4) is 0 Å². The summed E-state index contributed by atoms with van der Waals surface area (Å²) in [5, 5.41) is 3.12. The van der Waals surface area contributed by atoms with E-state index in [4.69, 9.17) is 4.74 Å². The number of rotatable bonds is 5. The van der Waals surface area contributed by atoms with E-state index >= 15 is 0 Å². The van der Waals surface area contributed by atoms with Crippen molar-refractivity contribution >= 4 is 5.78 Å². The quantitative estimate of drug-likeness (QED) is 0.797. The monoisotopic (exact) mass is 235 g/mol. The molecule has 0 fully saturated rings. The molecule has 3 heteroatoms. The first-order valence-electron chi connectivity index (χ1n) is 5.87. The largest absolute Gasteiger partial charge is 0.496 e. The highest BCUT2D eigenvalue weighted by Gasteiger charge is 2.13. The minimum absolute atomic E-state index is 0.0682. The Balaban J connectivity index is 2.96. The minimum atomic E-state index is 0.0682. The number of nitrogens with one attached hydrogen (secondary N) is 1. The topological polar surface area (TPSA) is 38.3 Å². The Kier molecular flexibility index (Phi) is 4.70. The molecule has 1 aromatic carbocycles. The highest BCUT2D eigenvalue weighted by molar-refractivity contribution is 6.00. The summed E-state index contributed by atoms with van der Waals surface area (Å²) in [6.07, 6.45) is 0. The lowest BCUT2D eigenvalue weighted by atomic mass is 10.0. The zero-order chi connectivity index (χ0) is 13.0. The van der Waals surface area contributed by atoms with E-state index in [9.17, 15) is 4.79 Å². The van der Waals surface area contributed by atoms with Crippen LogP contribution < -0.4 is 10.1 Å². The Morgan fingerprint density at radius 1 is 1.29 bits per heavy atom. The average Bonchev–Trinajstić information content (AvgIpc) is 2.28. The van der Waals surface area contributed by atoms with Crippen LogP contribution in [0.4, 0.5) is 0 Å². The van der Waals surface area contributed by atoms with Crippen LogP contribution in [0.25, 0.3) is 0 Å². The lowest BCUT2D eigenvalue weighted by molar-refractivity contribution is 0.0985. The standard InChI is InChI=1S/C14H21NO2/c1-9(2)15-8-13(16)12-6-10(3)11(4)7-14(12)17-5/h6-7,9,15H,8H2,1-5H3. The third-order valence-corrected chi connectivity index (χ3v) is 2.79. The first kappa shape index (κ1) is 13.7. The summed E-state index contributed by atoms with van der Waals surface area (Å²) in [4.78, 5) is 12.0. The van der Waals surface area contributed by atoms with Crippen molar-refractivity contribution in [1.82, 2.24) is 5.32 Å². The van der Waals surface area contributed by atoms with Gasteiger partial charge in [-0.3, -0.25) is 4.79 Å². The second-order valence-electron chi connectivity index (χ2n) is 4.60. The summed E-state index contributed by atoms with van der Waals surface area (Å²) >= 11 is 0. The van der Waals surface area contributed by atoms with Gasteiger partial charge < -0.3 is 10.1 Å². The normalized spacial score (nSPS) is 10.7. The molecule has 0 heterocycles. The average molecular weight is 235 g/mol. The Morgan fingerprint density at radius 3 is 2.41 bits per heavy atom. The van der Waals surface area contributed by atoms with Gasteiger partial charge in [-0.15, -0.1) is 0 Å². The van der Waals surface area contributed by atoms with Crippen LogP contribution in [-0.4, -0.2) is 25.5 Å². The molecule has 0 radical (unpaired) electrons. The molecule has 1 N–H and O–H groups in total. The zero-order valence-corrected chi connectivity index (χ0v) is 11.3. The number of ketones is 1. The van der Waals surface area contributed by atoms with Crippen molar-refractivity contribution in [3.05, 3.63) is 28.8 Å². The van der Waals surface area contributed by atoms with Gasteiger partial charge in [0.25, 0.3) is 0 Å². The number of Topliss-reactive ketones (excluding diaryl/α,β-unsaturated/α-hetero) is 1. The predicted molar refractivity (Wildman–Crippen MR) is 69.9 cm³/mol. The van der Waals surface area contributed by atoms with E-state index < -0.39 is 0 Å². The Bertz CT molecular complexity index is 411. The van der Waals surface area contributed by atoms with Crippen molar-refractivity contribution in [2.45, 2.75) is 33.7 Å². The Hall–Kier alpha value is -1.35. The van der Waals surface area contributed by atoms with E-state index in [1.54, 1.807) is 7.11 Å². The molecule has 3 nitrogen and oxygen atoms in total. The second kappa shape index (κ2) is 5.82. The number of hydrogen-bond donors (Lipinski definition) is 1. The van der Waals surface area contributed by atoms with Gasteiger partial charge in [0, 0.05) is 6.04 Å². The molecular formula is C14H21NO2. The lowest BCUT2D eigenvalue weighted by Gasteiger charge is -2.12. The molecular weight excluding hydrogens is 214 g/mol. The van der Waals surface area contributed by atoms with Gasteiger partial charge in [-0.05, 0) is 37.1 Å². The number of ether oxygens (including phenoxy) is 1. The van der Waals surface area contributed by atoms with Crippen molar-refractivity contribution in [2.75, 3.05) is 13.7 Å². The van der Waals surface area contributed by atoms with Crippen molar-refractivity contribution in [1.29, 1.82) is 0 Å². The second-order valence-corrected chi connectivity index (χ2v) is 4.60. The number of benzene rings is 1. The molecule has 0 aliphatic heterocycles. The van der Waals surface area contributed by atoms with Gasteiger partial charge in [0.1, 0.15) is 5.75 Å². The number of methoxy groups -OCH3 is 1. The van der Waals surface area contributed by atoms with Gasteiger partial charge in [-0.1, -0.05) is 13.8 Å². The fourth-order valence-electron chi connectivity index (χ4n) is 1.57. The molecule has 0 saturated heterocycles. The summed E-state index contributed by atoms with van der Waals surface area (Å²) in [6, 6.07) is 4.12. The summed E-state index contributed by atoms with van der Waals surface area (Å²) in [5.74, 6) is 0.724. The lowest BCUT2D eigenvalue weighted by Crippen LogP contribution is -2.29. The fourth-order valence-corrected chi connectivity index (χ4v) is 1.57. The van der Waals surface area contributed by atoms with Gasteiger partial charge in [0.05, 0.1) is 19.2 Å². The highest BCUT2D eigenvalue weighted by Crippen LogP contribution is 2.23. The van der Waals surface area contributed by atoms with Gasteiger partial charge in [0.15, 0.2) is 5.78 Å². The predicted octanol–water partition coefficient (Wildman–Crippen LogP) is 2.49. The molecule has 0 aromatic heterocycles. The van der Waals surface area contributed by atoms with Crippen LogP contribution in [0.5, 0.6) is 5.75 Å². The maximum Gasteiger partial charge on any atom is 0.180 e. The van der Waals surface area contributed by atoms with Crippen LogP contribution >= 0.6 is 0 Å². The number of carbonyl (C=O) groups excluding carboxylic acids is 1. The zero-order valence-electron chi connectivity index (χ0n) is 11.3. The SMILES string of the molecule is COc1cc(C)c(C)cc1C(=O)CNC(C)C. The molecule has 0 bridgehead atoms. The molecule has 0 saturated carbocycles. The van der Waals surface area contributed by atoms with Crippen molar-refractivity contribution in [3.8, 4) is 5.75 Å². The molecule has 0 aliphatic rings. The van der Waals surface area contributed by atoms with Crippen LogP contribution in [0, 0.1) is 13.8 Å². The Morgan fingerprint density at radius 2 is 1.88 bits per heavy atom. The molecule has 1 aromatic rings. The van der Waals surface area contributed by atoms with E-state index in [1.807, 2.05) is 39.8 Å². The van der Waals surface area contributed by atoms with E-state index in [0.717, 1.165) is 11.1 Å². The number of carbonyl (C=O) groups is 1. The molecule has 17 heavy (non-hydrogen) atoms. The van der Waals surface area contributed by atoms with Crippen molar-refractivity contribution in [3.63, 3.8) is 0 Å². The first-order valence-corrected chi connectivity index (χ1v) is 5.87. The van der Waals surface area contributed by atoms with Crippen LogP contribution in [0.2, 0.25) is 0 Å². The maximum atomic E-state index is 12.0. The number of hydrogen-bond acceptors (Lipinski definition) is 3. The van der Waals surface area contributed by atoms with Gasteiger partial charge in [-0.25, -0.2) is 0 Å². The van der Waals surface area contributed by atoms with Gasteiger partial charge in [0.2, 0.25) is 0 Å². The van der Waals surface area contributed by atoms with Crippen molar-refractivity contribution in [2.24, 2.45) is 0 Å². The summed E-state index contributed by atoms with van der Waals surface area (Å²) in [6.45, 7) is 8.40. The van der Waals surface area contributed by atoms with E-state index in [1.165, 1.54) is 0 Å². The van der Waals surface area contributed by atoms with Gasteiger partial charge in [-0.2, -0.15) is 0 Å². The summed E-state index contributed by atoms with van der Waals surface area (Å²) < 4.78 is 5.26. The number of aryl methyl sites for hydroxylation is 2. The fraction of sp³-hybridized carbons (Fsp3) is 0.500. The smallest absolute Gasteiger partial charge is 0.180 e. The highest BCUT2D eigenvalue weighted by atomic mass is 16.5. The first-order chi connectivity index (χ1) is 7.95. The Labute approximate surface area is 103 Å². The maximum absolute atomic E-state index is 12.0. The third-order valence-electron chi connectivity index (χ3n) is 2.79.